The quantitative estimate of drug-likeness (QED) is 0.666. The maximum absolute atomic E-state index is 12.2. The second-order valence-corrected chi connectivity index (χ2v) is 4.81. The lowest BCUT2D eigenvalue weighted by Gasteiger charge is -2.18. The van der Waals surface area contributed by atoms with E-state index in [1.54, 1.807) is 12.1 Å². The normalized spacial score (nSPS) is 12.6. The molecule has 2 aromatic rings. The molecule has 0 saturated carbocycles. The number of hydrogen-bond donors (Lipinski definition) is 2. The van der Waals surface area contributed by atoms with E-state index < -0.39 is 10.8 Å². The number of non-ortho nitro benzene ring substituents is 1. The molecular formula is C15H11N3O5. The van der Waals surface area contributed by atoms with Crippen molar-refractivity contribution >= 4 is 28.9 Å². The first-order valence-corrected chi connectivity index (χ1v) is 6.65. The third kappa shape index (κ3) is 3.10. The van der Waals surface area contributed by atoms with Crippen LogP contribution in [0.4, 0.5) is 17.1 Å². The molecule has 0 atom stereocenters. The third-order valence-corrected chi connectivity index (χ3v) is 3.19. The number of carbonyl (C=O) groups excluding carboxylic acids is 2. The molecule has 8 heteroatoms. The van der Waals surface area contributed by atoms with Gasteiger partial charge in [0.25, 0.3) is 17.5 Å². The van der Waals surface area contributed by atoms with Crippen LogP contribution in [0.2, 0.25) is 0 Å². The lowest BCUT2D eigenvalue weighted by atomic mass is 10.1. The summed E-state index contributed by atoms with van der Waals surface area (Å²) in [6.45, 7) is -0.108. The maximum atomic E-state index is 12.2. The zero-order valence-corrected chi connectivity index (χ0v) is 11.7. The van der Waals surface area contributed by atoms with E-state index in [0.717, 1.165) is 0 Å². The minimum atomic E-state index is -0.537. The minimum Gasteiger partial charge on any atom is -0.482 e. The zero-order valence-electron chi connectivity index (χ0n) is 11.7. The topological polar surface area (TPSA) is 111 Å². The van der Waals surface area contributed by atoms with Crippen molar-refractivity contribution in [2.24, 2.45) is 0 Å². The Bertz CT molecular complexity index is 819. The Kier molecular flexibility index (Phi) is 3.63. The highest BCUT2D eigenvalue weighted by atomic mass is 16.6. The summed E-state index contributed by atoms with van der Waals surface area (Å²) in [5.74, 6) is -0.295. The van der Waals surface area contributed by atoms with Crippen LogP contribution in [-0.4, -0.2) is 23.3 Å². The largest absolute Gasteiger partial charge is 0.482 e. The summed E-state index contributed by atoms with van der Waals surface area (Å²) in [6.07, 6.45) is 0. The number of rotatable bonds is 3. The SMILES string of the molecule is O=C1COc2cc(C(=O)Nc3cccc([N+](=O)[O-])c3)ccc2N1. The average Bonchev–Trinajstić information content (AvgIpc) is 2.54. The molecule has 0 fully saturated rings. The summed E-state index contributed by atoms with van der Waals surface area (Å²) in [5.41, 5.74) is 1.01. The van der Waals surface area contributed by atoms with Gasteiger partial charge in [0.2, 0.25) is 0 Å². The van der Waals surface area contributed by atoms with Crippen LogP contribution < -0.4 is 15.4 Å². The third-order valence-electron chi connectivity index (χ3n) is 3.19. The molecule has 0 aromatic heterocycles. The van der Waals surface area contributed by atoms with Crippen LogP contribution in [0.5, 0.6) is 5.75 Å². The zero-order chi connectivity index (χ0) is 16.4. The van der Waals surface area contributed by atoms with Crippen molar-refractivity contribution in [3.05, 3.63) is 58.1 Å². The van der Waals surface area contributed by atoms with Crippen molar-refractivity contribution in [3.8, 4) is 5.75 Å². The number of nitro groups is 1. The lowest BCUT2D eigenvalue weighted by Crippen LogP contribution is -2.25. The number of nitrogens with zero attached hydrogens (tertiary/aromatic N) is 1. The number of carbonyl (C=O) groups is 2. The monoisotopic (exact) mass is 313 g/mol. The number of fused-ring (bicyclic) bond motifs is 1. The van der Waals surface area contributed by atoms with Crippen LogP contribution in [0.25, 0.3) is 0 Å². The molecule has 1 heterocycles. The van der Waals surface area contributed by atoms with Crippen LogP contribution in [-0.2, 0) is 4.79 Å². The Hall–Kier alpha value is -3.42. The van der Waals surface area contributed by atoms with E-state index in [1.165, 1.54) is 30.3 Å². The van der Waals surface area contributed by atoms with Crippen molar-refractivity contribution in [3.63, 3.8) is 0 Å². The Morgan fingerprint density at radius 3 is 2.87 bits per heavy atom. The van der Waals surface area contributed by atoms with Gasteiger partial charge in [-0.05, 0) is 24.3 Å². The van der Waals surface area contributed by atoms with Gasteiger partial charge in [-0.25, -0.2) is 0 Å². The number of benzene rings is 2. The molecule has 2 N–H and O–H groups in total. The Morgan fingerprint density at radius 2 is 2.09 bits per heavy atom. The van der Waals surface area contributed by atoms with Gasteiger partial charge in [-0.15, -0.1) is 0 Å². The molecule has 0 radical (unpaired) electrons. The van der Waals surface area contributed by atoms with Gasteiger partial charge in [0.1, 0.15) is 5.75 Å². The van der Waals surface area contributed by atoms with Gasteiger partial charge in [0.15, 0.2) is 6.61 Å². The molecule has 0 spiro atoms. The van der Waals surface area contributed by atoms with Gasteiger partial charge in [0.05, 0.1) is 10.6 Å². The van der Waals surface area contributed by atoms with Crippen molar-refractivity contribution < 1.29 is 19.2 Å². The van der Waals surface area contributed by atoms with E-state index in [9.17, 15) is 19.7 Å². The summed E-state index contributed by atoms with van der Waals surface area (Å²) < 4.78 is 5.25. The van der Waals surface area contributed by atoms with E-state index in [2.05, 4.69) is 10.6 Å². The van der Waals surface area contributed by atoms with Gasteiger partial charge in [0, 0.05) is 23.4 Å². The van der Waals surface area contributed by atoms with Crippen LogP contribution in [0.1, 0.15) is 10.4 Å². The highest BCUT2D eigenvalue weighted by molar-refractivity contribution is 6.05. The van der Waals surface area contributed by atoms with Crippen molar-refractivity contribution in [2.45, 2.75) is 0 Å². The standard InChI is InChI=1S/C15H11N3O5/c19-14-8-23-13-6-9(4-5-12(13)17-14)15(20)16-10-2-1-3-11(7-10)18(21)22/h1-7H,8H2,(H,16,20)(H,17,19). The Balaban J connectivity index is 1.80. The predicted octanol–water partition coefficient (Wildman–Crippen LogP) is 2.18. The molecule has 2 aromatic carbocycles. The Morgan fingerprint density at radius 1 is 1.26 bits per heavy atom. The molecule has 116 valence electrons. The molecule has 8 nitrogen and oxygen atoms in total. The van der Waals surface area contributed by atoms with Crippen molar-refractivity contribution in [1.29, 1.82) is 0 Å². The number of anilines is 2. The van der Waals surface area contributed by atoms with E-state index >= 15 is 0 Å². The minimum absolute atomic E-state index is 0.108. The summed E-state index contributed by atoms with van der Waals surface area (Å²) in [6, 6.07) is 10.2. The molecule has 1 aliphatic heterocycles. The second-order valence-electron chi connectivity index (χ2n) is 4.81. The first-order chi connectivity index (χ1) is 11.0. The highest BCUT2D eigenvalue weighted by Gasteiger charge is 2.18. The van der Waals surface area contributed by atoms with Crippen LogP contribution >= 0.6 is 0 Å². The van der Waals surface area contributed by atoms with Crippen molar-refractivity contribution in [1.82, 2.24) is 0 Å². The number of ether oxygens (including phenoxy) is 1. The molecule has 0 bridgehead atoms. The highest BCUT2D eigenvalue weighted by Crippen LogP contribution is 2.29. The van der Waals surface area contributed by atoms with Gasteiger partial charge < -0.3 is 15.4 Å². The number of amides is 2. The molecule has 0 unspecified atom stereocenters. The van der Waals surface area contributed by atoms with E-state index in [1.807, 2.05) is 0 Å². The second kappa shape index (κ2) is 5.76. The van der Waals surface area contributed by atoms with Gasteiger partial charge in [-0.1, -0.05) is 6.07 Å². The molecule has 2 amide bonds. The average molecular weight is 313 g/mol. The summed E-state index contributed by atoms with van der Waals surface area (Å²) in [5, 5.41) is 15.9. The van der Waals surface area contributed by atoms with Gasteiger partial charge >= 0.3 is 0 Å². The molecular weight excluding hydrogens is 302 g/mol. The van der Waals surface area contributed by atoms with Crippen LogP contribution in [0, 0.1) is 10.1 Å². The van der Waals surface area contributed by atoms with Crippen LogP contribution in [0.15, 0.2) is 42.5 Å². The molecule has 3 rings (SSSR count). The summed E-state index contributed by atoms with van der Waals surface area (Å²) in [7, 11) is 0. The molecule has 1 aliphatic rings. The fourth-order valence-corrected chi connectivity index (χ4v) is 2.12. The number of nitro benzene ring substituents is 1. The summed E-state index contributed by atoms with van der Waals surface area (Å²) >= 11 is 0. The number of hydrogen-bond acceptors (Lipinski definition) is 5. The van der Waals surface area contributed by atoms with Gasteiger partial charge in [-0.2, -0.15) is 0 Å². The van der Waals surface area contributed by atoms with E-state index in [4.69, 9.17) is 4.74 Å². The molecule has 0 saturated heterocycles. The predicted molar refractivity (Wildman–Crippen MR) is 81.6 cm³/mol. The molecule has 23 heavy (non-hydrogen) atoms. The fraction of sp³-hybridized carbons (Fsp3) is 0.0667. The van der Waals surface area contributed by atoms with Gasteiger partial charge in [-0.3, -0.25) is 19.7 Å². The lowest BCUT2D eigenvalue weighted by molar-refractivity contribution is -0.384. The first kappa shape index (κ1) is 14.5. The van der Waals surface area contributed by atoms with Crippen LogP contribution in [0.3, 0.4) is 0 Å². The first-order valence-electron chi connectivity index (χ1n) is 6.65. The summed E-state index contributed by atoms with van der Waals surface area (Å²) in [4.78, 5) is 33.6. The fourth-order valence-electron chi connectivity index (χ4n) is 2.12. The smallest absolute Gasteiger partial charge is 0.271 e. The Labute approximate surface area is 130 Å². The van der Waals surface area contributed by atoms with E-state index in [-0.39, 0.29) is 18.2 Å². The van der Waals surface area contributed by atoms with E-state index in [0.29, 0.717) is 22.7 Å². The van der Waals surface area contributed by atoms with Crippen molar-refractivity contribution in [2.75, 3.05) is 17.2 Å². The maximum Gasteiger partial charge on any atom is 0.271 e. The number of nitrogens with one attached hydrogen (secondary N) is 2. The molecule has 0 aliphatic carbocycles.